The molecule has 1 aliphatic rings. The number of amides is 2. The zero-order valence-electron chi connectivity index (χ0n) is 11.7. The Morgan fingerprint density at radius 1 is 1.40 bits per heavy atom. The first-order valence-electron chi connectivity index (χ1n) is 6.32. The molecule has 1 aliphatic heterocycles. The van der Waals surface area contributed by atoms with Gasteiger partial charge < -0.3 is 20.1 Å². The topological polar surface area (TPSA) is 95.9 Å². The van der Waals surface area contributed by atoms with Gasteiger partial charge in [0.2, 0.25) is 11.8 Å². The van der Waals surface area contributed by atoms with Gasteiger partial charge in [0, 0.05) is 20.1 Å². The number of hydrogen-bond acceptors (Lipinski definition) is 5. The Kier molecular flexibility index (Phi) is 5.82. The molecule has 0 aliphatic carbocycles. The molecule has 1 rings (SSSR count). The maximum absolute atomic E-state index is 12.2. The van der Waals surface area contributed by atoms with Crippen molar-refractivity contribution in [3.05, 3.63) is 0 Å². The largest absolute Gasteiger partial charge is 0.480 e. The second kappa shape index (κ2) is 6.94. The predicted molar refractivity (Wildman–Crippen MR) is 74.6 cm³/mol. The van der Waals surface area contributed by atoms with E-state index in [2.05, 4.69) is 17.9 Å². The Labute approximate surface area is 123 Å². The van der Waals surface area contributed by atoms with E-state index in [4.69, 9.17) is 9.84 Å². The summed E-state index contributed by atoms with van der Waals surface area (Å²) in [5, 5.41) is 11.1. The van der Waals surface area contributed by atoms with Crippen molar-refractivity contribution in [3.63, 3.8) is 0 Å². The van der Waals surface area contributed by atoms with Crippen molar-refractivity contribution in [2.75, 3.05) is 13.7 Å². The minimum atomic E-state index is -1.07. The van der Waals surface area contributed by atoms with Crippen LogP contribution in [0.5, 0.6) is 0 Å². The van der Waals surface area contributed by atoms with Crippen molar-refractivity contribution in [2.45, 2.75) is 43.7 Å². The highest BCUT2D eigenvalue weighted by molar-refractivity contribution is 7.81. The van der Waals surface area contributed by atoms with Crippen molar-refractivity contribution in [2.24, 2.45) is 0 Å². The molecule has 2 unspecified atom stereocenters. The summed E-state index contributed by atoms with van der Waals surface area (Å²) >= 11 is 3.97. The number of hydrogen-bond donors (Lipinski definition) is 3. The zero-order valence-corrected chi connectivity index (χ0v) is 12.6. The number of carbonyl (C=O) groups is 3. The van der Waals surface area contributed by atoms with Gasteiger partial charge in [0.25, 0.3) is 0 Å². The summed E-state index contributed by atoms with van der Waals surface area (Å²) < 4.78 is 5.11. The molecule has 1 fully saturated rings. The van der Waals surface area contributed by atoms with Gasteiger partial charge in [-0.05, 0) is 13.8 Å². The van der Waals surface area contributed by atoms with E-state index in [9.17, 15) is 14.4 Å². The van der Waals surface area contributed by atoms with Crippen LogP contribution in [-0.4, -0.2) is 64.9 Å². The van der Waals surface area contributed by atoms with Gasteiger partial charge in [-0.1, -0.05) is 0 Å². The lowest BCUT2D eigenvalue weighted by molar-refractivity contribution is -0.149. The molecule has 0 aromatic carbocycles. The second-order valence-corrected chi connectivity index (χ2v) is 5.62. The number of nitrogens with zero attached hydrogens (tertiary/aromatic N) is 1. The number of rotatable bonds is 5. The van der Waals surface area contributed by atoms with E-state index in [0.29, 0.717) is 0 Å². The van der Waals surface area contributed by atoms with Gasteiger partial charge >= 0.3 is 5.97 Å². The first-order valence-corrected chi connectivity index (χ1v) is 6.84. The van der Waals surface area contributed by atoms with Gasteiger partial charge in [-0.3, -0.25) is 9.59 Å². The summed E-state index contributed by atoms with van der Waals surface area (Å²) in [5.41, 5.74) is 0. The van der Waals surface area contributed by atoms with Crippen LogP contribution in [0.2, 0.25) is 0 Å². The van der Waals surface area contributed by atoms with Gasteiger partial charge in [0.05, 0.1) is 11.4 Å². The van der Waals surface area contributed by atoms with Crippen molar-refractivity contribution in [1.82, 2.24) is 10.2 Å². The van der Waals surface area contributed by atoms with Gasteiger partial charge in [-0.25, -0.2) is 4.79 Å². The molecule has 4 atom stereocenters. The van der Waals surface area contributed by atoms with Crippen molar-refractivity contribution in [1.29, 1.82) is 0 Å². The Morgan fingerprint density at radius 3 is 2.45 bits per heavy atom. The summed E-state index contributed by atoms with van der Waals surface area (Å²) in [6, 6.07) is -1.71. The van der Waals surface area contributed by atoms with E-state index in [0.717, 1.165) is 0 Å². The van der Waals surface area contributed by atoms with Gasteiger partial charge in [-0.15, -0.1) is 0 Å². The predicted octanol–water partition coefficient (Wildman–Crippen LogP) is -0.490. The summed E-state index contributed by atoms with van der Waals surface area (Å²) in [7, 11) is 1.48. The molecule has 2 amide bonds. The van der Waals surface area contributed by atoms with Crippen LogP contribution in [-0.2, 0) is 19.1 Å². The number of carbonyl (C=O) groups excluding carboxylic acids is 2. The van der Waals surface area contributed by atoms with Crippen LogP contribution < -0.4 is 5.32 Å². The molecular formula is C12H20N2O5S. The lowest BCUT2D eigenvalue weighted by Gasteiger charge is -2.25. The fourth-order valence-corrected chi connectivity index (χ4v) is 2.16. The van der Waals surface area contributed by atoms with Crippen LogP contribution in [0.15, 0.2) is 0 Å². The molecular weight excluding hydrogens is 284 g/mol. The molecule has 0 bridgehead atoms. The quantitative estimate of drug-likeness (QED) is 0.596. The third-order valence-electron chi connectivity index (χ3n) is 3.27. The fourth-order valence-electron chi connectivity index (χ4n) is 2.09. The molecule has 114 valence electrons. The van der Waals surface area contributed by atoms with Crippen LogP contribution in [0.1, 0.15) is 20.3 Å². The van der Waals surface area contributed by atoms with Crippen LogP contribution in [0.3, 0.4) is 0 Å². The molecule has 0 saturated carbocycles. The average Bonchev–Trinajstić information content (AvgIpc) is 2.81. The number of carboxylic acid groups (broad SMARTS) is 1. The lowest BCUT2D eigenvalue weighted by atomic mass is 10.2. The number of thiol groups is 1. The van der Waals surface area contributed by atoms with Gasteiger partial charge in [0.15, 0.2) is 0 Å². The van der Waals surface area contributed by atoms with Gasteiger partial charge in [-0.2, -0.15) is 12.6 Å². The third kappa shape index (κ3) is 3.86. The minimum absolute atomic E-state index is 0.211. The SMILES string of the molecule is COC1C[C@@H](C(=O)O)N(C(=O)[C@H](C)NC(=O)C(C)S)C1. The summed E-state index contributed by atoms with van der Waals surface area (Å²) in [6.45, 7) is 3.32. The molecule has 0 aromatic rings. The Hall–Kier alpha value is -1.28. The molecule has 2 N–H and O–H groups in total. The molecule has 1 saturated heterocycles. The molecule has 20 heavy (non-hydrogen) atoms. The Morgan fingerprint density at radius 2 is 2.00 bits per heavy atom. The smallest absolute Gasteiger partial charge is 0.326 e. The monoisotopic (exact) mass is 304 g/mol. The second-order valence-electron chi connectivity index (χ2n) is 4.84. The molecule has 7 nitrogen and oxygen atoms in total. The van der Waals surface area contributed by atoms with Gasteiger partial charge in [0.1, 0.15) is 12.1 Å². The fraction of sp³-hybridized carbons (Fsp3) is 0.750. The Balaban J connectivity index is 2.73. The number of carboxylic acids is 1. The summed E-state index contributed by atoms with van der Waals surface area (Å²) in [4.78, 5) is 36.2. The zero-order chi connectivity index (χ0) is 15.4. The summed E-state index contributed by atoms with van der Waals surface area (Å²) in [6.07, 6.45) is -0.0481. The number of aliphatic carboxylic acids is 1. The van der Waals surface area contributed by atoms with E-state index in [1.54, 1.807) is 6.92 Å². The lowest BCUT2D eigenvalue weighted by Crippen LogP contribution is -2.51. The minimum Gasteiger partial charge on any atom is -0.480 e. The Bertz CT molecular complexity index is 401. The summed E-state index contributed by atoms with van der Waals surface area (Å²) in [5.74, 6) is -1.87. The maximum Gasteiger partial charge on any atom is 0.326 e. The highest BCUT2D eigenvalue weighted by Gasteiger charge is 2.41. The van der Waals surface area contributed by atoms with Crippen LogP contribution in [0.4, 0.5) is 0 Å². The van der Waals surface area contributed by atoms with Crippen molar-refractivity contribution in [3.8, 4) is 0 Å². The van der Waals surface area contributed by atoms with E-state index >= 15 is 0 Å². The third-order valence-corrected chi connectivity index (χ3v) is 3.51. The van der Waals surface area contributed by atoms with E-state index in [1.807, 2.05) is 0 Å². The highest BCUT2D eigenvalue weighted by atomic mass is 32.1. The van der Waals surface area contributed by atoms with E-state index in [-0.39, 0.29) is 25.0 Å². The average molecular weight is 304 g/mol. The first kappa shape index (κ1) is 16.8. The molecule has 0 spiro atoms. The molecule has 8 heteroatoms. The van der Waals surface area contributed by atoms with Crippen molar-refractivity contribution < 1.29 is 24.2 Å². The van der Waals surface area contributed by atoms with Crippen molar-refractivity contribution >= 4 is 30.4 Å². The molecule has 1 heterocycles. The first-order chi connectivity index (χ1) is 9.27. The standard InChI is InChI=1S/C12H20N2O5S/c1-6(13-10(15)7(2)20)11(16)14-5-8(19-3)4-9(14)12(17)18/h6-9,20H,4-5H2,1-3H3,(H,13,15)(H,17,18)/t6-,7?,8?,9-/m0/s1. The molecule has 0 aromatic heterocycles. The number of methoxy groups -OCH3 is 1. The highest BCUT2D eigenvalue weighted by Crippen LogP contribution is 2.21. The van der Waals surface area contributed by atoms with Crippen LogP contribution in [0.25, 0.3) is 0 Å². The number of ether oxygens (including phenoxy) is 1. The van der Waals surface area contributed by atoms with Crippen LogP contribution in [0, 0.1) is 0 Å². The number of likely N-dealkylation sites (tertiary alicyclic amines) is 1. The molecule has 0 radical (unpaired) electrons. The number of nitrogens with one attached hydrogen (secondary N) is 1. The van der Waals surface area contributed by atoms with E-state index < -0.39 is 29.2 Å². The maximum atomic E-state index is 12.2. The van der Waals surface area contributed by atoms with E-state index in [1.165, 1.54) is 18.9 Å². The normalized spacial score (nSPS) is 25.1. The van der Waals surface area contributed by atoms with Crippen LogP contribution >= 0.6 is 12.6 Å².